The third kappa shape index (κ3) is 5.20. The summed E-state index contributed by atoms with van der Waals surface area (Å²) in [5.41, 5.74) is 0.146. The zero-order valence-corrected chi connectivity index (χ0v) is 13.3. The summed E-state index contributed by atoms with van der Waals surface area (Å²) in [6.45, 7) is 0.367. The van der Waals surface area contributed by atoms with Crippen LogP contribution in [0.2, 0.25) is 0 Å². The first-order valence-corrected chi connectivity index (χ1v) is 8.03. The molecular formula is C15H20BrF2NO2. The predicted molar refractivity (Wildman–Crippen MR) is 81.4 cm³/mol. The number of rotatable bonds is 6. The number of halogens is 3. The second-order valence-electron chi connectivity index (χ2n) is 5.37. The minimum Gasteiger partial charge on any atom is -0.389 e. The summed E-state index contributed by atoms with van der Waals surface area (Å²) in [6.07, 6.45) is 5.17. The lowest BCUT2D eigenvalue weighted by Gasteiger charge is -2.23. The number of aliphatic hydroxyl groups is 1. The summed E-state index contributed by atoms with van der Waals surface area (Å²) >= 11 is 3.09. The SMILES string of the molecule is OC(CNc1c(F)cc(F)cc1Br)COC1CCCCC1. The van der Waals surface area contributed by atoms with Gasteiger partial charge >= 0.3 is 0 Å². The lowest BCUT2D eigenvalue weighted by molar-refractivity contribution is -0.0195. The molecule has 1 aliphatic rings. The molecule has 2 N–H and O–H groups in total. The lowest BCUT2D eigenvalue weighted by Crippen LogP contribution is -2.29. The molecule has 1 atom stereocenters. The Morgan fingerprint density at radius 2 is 2.00 bits per heavy atom. The first-order valence-electron chi connectivity index (χ1n) is 7.24. The number of benzene rings is 1. The summed E-state index contributed by atoms with van der Waals surface area (Å²) in [5, 5.41) is 12.7. The van der Waals surface area contributed by atoms with Crippen LogP contribution in [0.15, 0.2) is 16.6 Å². The Bertz CT molecular complexity index is 444. The first kappa shape index (κ1) is 16.6. The van der Waals surface area contributed by atoms with Gasteiger partial charge in [0.1, 0.15) is 11.6 Å². The number of nitrogens with one attached hydrogen (secondary N) is 1. The minimum atomic E-state index is -0.733. The van der Waals surface area contributed by atoms with Gasteiger partial charge in [-0.3, -0.25) is 0 Å². The molecule has 1 unspecified atom stereocenters. The quantitative estimate of drug-likeness (QED) is 0.806. The van der Waals surface area contributed by atoms with Crippen molar-refractivity contribution in [3.05, 3.63) is 28.2 Å². The number of ether oxygens (including phenoxy) is 1. The average molecular weight is 364 g/mol. The monoisotopic (exact) mass is 363 g/mol. The highest BCUT2D eigenvalue weighted by atomic mass is 79.9. The molecule has 21 heavy (non-hydrogen) atoms. The fraction of sp³-hybridized carbons (Fsp3) is 0.600. The van der Waals surface area contributed by atoms with Gasteiger partial charge in [0.25, 0.3) is 0 Å². The van der Waals surface area contributed by atoms with Crippen molar-refractivity contribution in [2.24, 2.45) is 0 Å². The molecule has 0 aromatic heterocycles. The number of hydrogen-bond donors (Lipinski definition) is 2. The van der Waals surface area contributed by atoms with Crippen LogP contribution in [0.5, 0.6) is 0 Å². The molecule has 1 fully saturated rings. The van der Waals surface area contributed by atoms with Gasteiger partial charge in [-0.25, -0.2) is 8.78 Å². The molecule has 0 saturated heterocycles. The molecule has 0 spiro atoms. The first-order chi connectivity index (χ1) is 10.1. The van der Waals surface area contributed by atoms with E-state index in [1.165, 1.54) is 25.3 Å². The predicted octanol–water partition coefficient (Wildman–Crippen LogP) is 3.85. The van der Waals surface area contributed by atoms with Crippen molar-refractivity contribution < 1.29 is 18.6 Å². The van der Waals surface area contributed by atoms with Gasteiger partial charge in [-0.2, -0.15) is 0 Å². The van der Waals surface area contributed by atoms with E-state index in [1.807, 2.05) is 0 Å². The second kappa shape index (κ2) is 8.06. The topological polar surface area (TPSA) is 41.5 Å². The van der Waals surface area contributed by atoms with E-state index in [-0.39, 0.29) is 24.9 Å². The molecule has 0 heterocycles. The van der Waals surface area contributed by atoms with E-state index in [0.717, 1.165) is 18.9 Å². The van der Waals surface area contributed by atoms with Crippen LogP contribution in [-0.2, 0) is 4.74 Å². The van der Waals surface area contributed by atoms with E-state index in [2.05, 4.69) is 21.2 Å². The third-order valence-corrected chi connectivity index (χ3v) is 4.22. The Morgan fingerprint density at radius 3 is 2.67 bits per heavy atom. The van der Waals surface area contributed by atoms with Gasteiger partial charge in [-0.15, -0.1) is 0 Å². The van der Waals surface area contributed by atoms with E-state index in [4.69, 9.17) is 4.74 Å². The van der Waals surface area contributed by atoms with Crippen molar-refractivity contribution in [1.82, 2.24) is 0 Å². The van der Waals surface area contributed by atoms with Crippen molar-refractivity contribution >= 4 is 21.6 Å². The van der Waals surface area contributed by atoms with Gasteiger partial charge in [0, 0.05) is 17.1 Å². The van der Waals surface area contributed by atoms with Gasteiger partial charge in [0.05, 0.1) is 24.5 Å². The van der Waals surface area contributed by atoms with E-state index < -0.39 is 17.7 Å². The van der Waals surface area contributed by atoms with Crippen LogP contribution in [0.4, 0.5) is 14.5 Å². The molecule has 1 aliphatic carbocycles. The summed E-state index contributed by atoms with van der Waals surface area (Å²) in [4.78, 5) is 0. The summed E-state index contributed by atoms with van der Waals surface area (Å²) in [5.74, 6) is -1.34. The van der Waals surface area contributed by atoms with Crippen molar-refractivity contribution in [3.8, 4) is 0 Å². The molecule has 1 saturated carbocycles. The second-order valence-corrected chi connectivity index (χ2v) is 6.23. The molecule has 2 rings (SSSR count). The maximum absolute atomic E-state index is 13.6. The molecule has 0 bridgehead atoms. The number of anilines is 1. The van der Waals surface area contributed by atoms with E-state index in [1.54, 1.807) is 0 Å². The smallest absolute Gasteiger partial charge is 0.150 e. The molecule has 1 aromatic rings. The van der Waals surface area contributed by atoms with Crippen LogP contribution in [0, 0.1) is 11.6 Å². The molecule has 0 aliphatic heterocycles. The van der Waals surface area contributed by atoms with E-state index in [0.29, 0.717) is 4.47 Å². The van der Waals surface area contributed by atoms with E-state index >= 15 is 0 Å². The Balaban J connectivity index is 1.77. The molecule has 0 radical (unpaired) electrons. The molecule has 118 valence electrons. The van der Waals surface area contributed by atoms with Gasteiger partial charge in [-0.1, -0.05) is 19.3 Å². The normalized spacial score (nSPS) is 17.7. The van der Waals surface area contributed by atoms with Crippen molar-refractivity contribution in [3.63, 3.8) is 0 Å². The molecule has 1 aromatic carbocycles. The van der Waals surface area contributed by atoms with Crippen LogP contribution < -0.4 is 5.32 Å². The fourth-order valence-corrected chi connectivity index (χ4v) is 3.02. The van der Waals surface area contributed by atoms with Crippen LogP contribution in [0.25, 0.3) is 0 Å². The Hall–Kier alpha value is -0.720. The Labute approximate surface area is 131 Å². The van der Waals surface area contributed by atoms with Crippen molar-refractivity contribution in [2.75, 3.05) is 18.5 Å². The summed E-state index contributed by atoms with van der Waals surface area (Å²) in [7, 11) is 0. The highest BCUT2D eigenvalue weighted by Gasteiger charge is 2.16. The highest BCUT2D eigenvalue weighted by molar-refractivity contribution is 9.10. The van der Waals surface area contributed by atoms with Gasteiger partial charge in [0.2, 0.25) is 0 Å². The third-order valence-electron chi connectivity index (χ3n) is 3.60. The van der Waals surface area contributed by atoms with Crippen LogP contribution in [0.1, 0.15) is 32.1 Å². The minimum absolute atomic E-state index is 0.146. The van der Waals surface area contributed by atoms with Gasteiger partial charge < -0.3 is 15.2 Å². The molecule has 3 nitrogen and oxygen atoms in total. The van der Waals surface area contributed by atoms with Gasteiger partial charge in [-0.05, 0) is 34.8 Å². The number of hydrogen-bond acceptors (Lipinski definition) is 3. The maximum atomic E-state index is 13.6. The molecule has 0 amide bonds. The summed E-state index contributed by atoms with van der Waals surface area (Å²) < 4.78 is 32.5. The maximum Gasteiger partial charge on any atom is 0.150 e. The van der Waals surface area contributed by atoms with E-state index in [9.17, 15) is 13.9 Å². The largest absolute Gasteiger partial charge is 0.389 e. The zero-order chi connectivity index (χ0) is 15.2. The standard InChI is InChI=1S/C15H20BrF2NO2/c16-13-6-10(17)7-14(18)15(13)19-8-11(20)9-21-12-4-2-1-3-5-12/h6-7,11-12,19-20H,1-5,8-9H2. The van der Waals surface area contributed by atoms with Crippen molar-refractivity contribution in [1.29, 1.82) is 0 Å². The van der Waals surface area contributed by atoms with Crippen molar-refractivity contribution in [2.45, 2.75) is 44.3 Å². The molecular weight excluding hydrogens is 344 g/mol. The van der Waals surface area contributed by atoms with Crippen LogP contribution in [-0.4, -0.2) is 30.5 Å². The lowest BCUT2D eigenvalue weighted by atomic mass is 9.98. The summed E-state index contributed by atoms with van der Waals surface area (Å²) in [6, 6.07) is 1.98. The fourth-order valence-electron chi connectivity index (χ4n) is 2.47. The molecule has 6 heteroatoms. The number of aliphatic hydroxyl groups excluding tert-OH is 1. The zero-order valence-electron chi connectivity index (χ0n) is 11.7. The highest BCUT2D eigenvalue weighted by Crippen LogP contribution is 2.26. The average Bonchev–Trinajstić information content (AvgIpc) is 2.45. The van der Waals surface area contributed by atoms with Crippen LogP contribution in [0.3, 0.4) is 0 Å². The van der Waals surface area contributed by atoms with Gasteiger partial charge in [0.15, 0.2) is 0 Å². The Kier molecular flexibility index (Phi) is 6.39. The van der Waals surface area contributed by atoms with Crippen LogP contribution >= 0.6 is 15.9 Å². The Morgan fingerprint density at radius 1 is 1.29 bits per heavy atom.